The normalized spacial score (nSPS) is 22.2. The molecular weight excluding hydrogens is 184 g/mol. The Labute approximate surface area is 81.4 Å². The van der Waals surface area contributed by atoms with Crippen LogP contribution in [0.2, 0.25) is 0 Å². The Hall–Kier alpha value is -1.03. The summed E-state index contributed by atoms with van der Waals surface area (Å²) in [5.41, 5.74) is 1.27. The van der Waals surface area contributed by atoms with Crippen molar-refractivity contribution in [1.29, 1.82) is 0 Å². The monoisotopic (exact) mass is 196 g/mol. The van der Waals surface area contributed by atoms with Crippen LogP contribution in [0, 0.1) is 6.92 Å². The first kappa shape index (κ1) is 8.56. The number of nitrogens with one attached hydrogen (secondary N) is 1. The van der Waals surface area contributed by atoms with Crippen LogP contribution in [0.3, 0.4) is 0 Å². The lowest BCUT2D eigenvalue weighted by Gasteiger charge is -2.07. The third-order valence-corrected chi connectivity index (χ3v) is 3.45. The predicted octanol–water partition coefficient (Wildman–Crippen LogP) is 1.75. The SMILES string of the molecule is Cc1ccsc1C1CN(C)C(=O)N1. The number of carbonyl (C=O) groups is 1. The van der Waals surface area contributed by atoms with Gasteiger partial charge in [0.25, 0.3) is 0 Å². The van der Waals surface area contributed by atoms with Gasteiger partial charge in [-0.2, -0.15) is 0 Å². The number of hydrogen-bond acceptors (Lipinski definition) is 2. The zero-order chi connectivity index (χ0) is 9.42. The highest BCUT2D eigenvalue weighted by molar-refractivity contribution is 7.10. The molecule has 1 aromatic heterocycles. The predicted molar refractivity (Wildman–Crippen MR) is 53.0 cm³/mol. The molecule has 1 unspecified atom stereocenters. The Morgan fingerprint density at radius 3 is 2.92 bits per heavy atom. The molecular formula is C9H12N2OS. The van der Waals surface area contributed by atoms with Crippen LogP contribution < -0.4 is 5.32 Å². The van der Waals surface area contributed by atoms with Gasteiger partial charge in [-0.25, -0.2) is 4.79 Å². The van der Waals surface area contributed by atoms with Crippen molar-refractivity contribution in [2.24, 2.45) is 0 Å². The van der Waals surface area contributed by atoms with Crippen molar-refractivity contribution >= 4 is 17.4 Å². The summed E-state index contributed by atoms with van der Waals surface area (Å²) in [7, 11) is 1.82. The quantitative estimate of drug-likeness (QED) is 0.729. The van der Waals surface area contributed by atoms with E-state index in [4.69, 9.17) is 0 Å². The number of thiophene rings is 1. The summed E-state index contributed by atoms with van der Waals surface area (Å²) in [5, 5.41) is 5.01. The van der Waals surface area contributed by atoms with E-state index in [-0.39, 0.29) is 12.1 Å². The number of urea groups is 1. The topological polar surface area (TPSA) is 32.3 Å². The first-order chi connectivity index (χ1) is 6.18. The minimum Gasteiger partial charge on any atom is -0.329 e. The molecule has 1 fully saturated rings. The van der Waals surface area contributed by atoms with E-state index in [0.717, 1.165) is 6.54 Å². The van der Waals surface area contributed by atoms with E-state index >= 15 is 0 Å². The molecule has 2 rings (SSSR count). The molecule has 0 radical (unpaired) electrons. The van der Waals surface area contributed by atoms with Crippen LogP contribution in [0.4, 0.5) is 4.79 Å². The van der Waals surface area contributed by atoms with Crippen molar-refractivity contribution in [2.45, 2.75) is 13.0 Å². The molecule has 13 heavy (non-hydrogen) atoms. The van der Waals surface area contributed by atoms with Crippen LogP contribution >= 0.6 is 11.3 Å². The van der Waals surface area contributed by atoms with Crippen LogP contribution in [0.15, 0.2) is 11.4 Å². The third kappa shape index (κ3) is 1.42. The fourth-order valence-corrected chi connectivity index (χ4v) is 2.52. The average Bonchev–Trinajstić information content (AvgIpc) is 2.60. The van der Waals surface area contributed by atoms with Gasteiger partial charge in [0.2, 0.25) is 0 Å². The van der Waals surface area contributed by atoms with Gasteiger partial charge in [0.05, 0.1) is 6.04 Å². The van der Waals surface area contributed by atoms with Crippen molar-refractivity contribution < 1.29 is 4.79 Å². The van der Waals surface area contributed by atoms with Gasteiger partial charge >= 0.3 is 6.03 Å². The number of rotatable bonds is 1. The minimum atomic E-state index is 0.0257. The summed E-state index contributed by atoms with van der Waals surface area (Å²) < 4.78 is 0. The Kier molecular flexibility index (Phi) is 2.00. The van der Waals surface area contributed by atoms with E-state index in [1.54, 1.807) is 16.2 Å². The molecule has 4 heteroatoms. The van der Waals surface area contributed by atoms with E-state index in [2.05, 4.69) is 23.7 Å². The number of amides is 2. The molecule has 1 N–H and O–H groups in total. The van der Waals surface area contributed by atoms with E-state index in [0.29, 0.717) is 0 Å². The van der Waals surface area contributed by atoms with E-state index in [1.165, 1.54) is 10.4 Å². The van der Waals surface area contributed by atoms with Gasteiger partial charge in [0, 0.05) is 18.5 Å². The first-order valence-corrected chi connectivity index (χ1v) is 5.12. The maximum atomic E-state index is 11.2. The van der Waals surface area contributed by atoms with Crippen LogP contribution in [0.25, 0.3) is 0 Å². The van der Waals surface area contributed by atoms with E-state index < -0.39 is 0 Å². The third-order valence-electron chi connectivity index (χ3n) is 2.32. The van der Waals surface area contributed by atoms with Crippen molar-refractivity contribution in [3.63, 3.8) is 0 Å². The van der Waals surface area contributed by atoms with Gasteiger partial charge in [0.1, 0.15) is 0 Å². The van der Waals surface area contributed by atoms with Gasteiger partial charge in [0.15, 0.2) is 0 Å². The second-order valence-corrected chi connectivity index (χ2v) is 4.30. The molecule has 2 heterocycles. The summed E-state index contributed by atoms with van der Waals surface area (Å²) in [5.74, 6) is 0. The summed E-state index contributed by atoms with van der Waals surface area (Å²) >= 11 is 1.71. The van der Waals surface area contributed by atoms with Gasteiger partial charge in [-0.05, 0) is 23.9 Å². The number of hydrogen-bond donors (Lipinski definition) is 1. The fourth-order valence-electron chi connectivity index (χ4n) is 1.55. The second-order valence-electron chi connectivity index (χ2n) is 3.35. The largest absolute Gasteiger partial charge is 0.329 e. The molecule has 1 aliphatic heterocycles. The number of carbonyl (C=O) groups excluding carboxylic acids is 1. The minimum absolute atomic E-state index is 0.0257. The van der Waals surface area contributed by atoms with Gasteiger partial charge in [-0.3, -0.25) is 0 Å². The van der Waals surface area contributed by atoms with Crippen LogP contribution in [-0.4, -0.2) is 24.5 Å². The van der Waals surface area contributed by atoms with Crippen molar-refractivity contribution in [3.8, 4) is 0 Å². The fraction of sp³-hybridized carbons (Fsp3) is 0.444. The van der Waals surface area contributed by atoms with Crippen LogP contribution in [-0.2, 0) is 0 Å². The first-order valence-electron chi connectivity index (χ1n) is 4.24. The molecule has 0 aromatic carbocycles. The van der Waals surface area contributed by atoms with Crippen LogP contribution in [0.1, 0.15) is 16.5 Å². The zero-order valence-corrected chi connectivity index (χ0v) is 8.52. The zero-order valence-electron chi connectivity index (χ0n) is 7.70. The highest BCUT2D eigenvalue weighted by Gasteiger charge is 2.28. The molecule has 0 spiro atoms. The lowest BCUT2D eigenvalue weighted by atomic mass is 10.2. The highest BCUT2D eigenvalue weighted by atomic mass is 32.1. The summed E-state index contributed by atoms with van der Waals surface area (Å²) in [6, 6.07) is 2.31. The molecule has 1 saturated heterocycles. The molecule has 0 saturated carbocycles. The van der Waals surface area contributed by atoms with Gasteiger partial charge in [-0.1, -0.05) is 0 Å². The Bertz CT molecular complexity index is 334. The lowest BCUT2D eigenvalue weighted by Crippen LogP contribution is -2.23. The van der Waals surface area contributed by atoms with Crippen LogP contribution in [0.5, 0.6) is 0 Å². The Balaban J connectivity index is 2.21. The molecule has 3 nitrogen and oxygen atoms in total. The van der Waals surface area contributed by atoms with E-state index in [1.807, 2.05) is 7.05 Å². The maximum Gasteiger partial charge on any atom is 0.317 e. The molecule has 0 bridgehead atoms. The number of likely N-dealkylation sites (N-methyl/N-ethyl adjacent to an activating group) is 1. The van der Waals surface area contributed by atoms with Crippen molar-refractivity contribution in [1.82, 2.24) is 10.2 Å². The Morgan fingerprint density at radius 2 is 2.46 bits per heavy atom. The summed E-state index contributed by atoms with van der Waals surface area (Å²) in [4.78, 5) is 14.2. The second kappa shape index (κ2) is 3.03. The molecule has 1 atom stereocenters. The molecule has 0 aliphatic carbocycles. The average molecular weight is 196 g/mol. The molecule has 1 aliphatic rings. The van der Waals surface area contributed by atoms with Crippen molar-refractivity contribution in [2.75, 3.05) is 13.6 Å². The number of aryl methyl sites for hydroxylation is 1. The van der Waals surface area contributed by atoms with Gasteiger partial charge < -0.3 is 10.2 Å². The Morgan fingerprint density at radius 1 is 1.69 bits per heavy atom. The molecule has 2 amide bonds. The molecule has 70 valence electrons. The summed E-state index contributed by atoms with van der Waals surface area (Å²) in [6.07, 6.45) is 0. The smallest absolute Gasteiger partial charge is 0.317 e. The van der Waals surface area contributed by atoms with Crippen molar-refractivity contribution in [3.05, 3.63) is 21.9 Å². The van der Waals surface area contributed by atoms with Gasteiger partial charge in [-0.15, -0.1) is 11.3 Å². The maximum absolute atomic E-state index is 11.2. The molecule has 1 aromatic rings. The lowest BCUT2D eigenvalue weighted by molar-refractivity contribution is 0.226. The number of nitrogens with zero attached hydrogens (tertiary/aromatic N) is 1. The highest BCUT2D eigenvalue weighted by Crippen LogP contribution is 2.27. The summed E-state index contributed by atoms with van der Waals surface area (Å²) in [6.45, 7) is 2.86. The standard InChI is InChI=1S/C9H12N2OS/c1-6-3-4-13-8(6)7-5-11(2)9(12)10-7/h3-4,7H,5H2,1-2H3,(H,10,12). The van der Waals surface area contributed by atoms with E-state index in [9.17, 15) is 4.79 Å².